The van der Waals surface area contributed by atoms with Gasteiger partial charge in [-0.2, -0.15) is 0 Å². The third-order valence-electron chi connectivity index (χ3n) is 4.35. The van der Waals surface area contributed by atoms with Crippen LogP contribution in [-0.2, 0) is 4.79 Å². The highest BCUT2D eigenvalue weighted by Crippen LogP contribution is 2.44. The first kappa shape index (κ1) is 17.0. The summed E-state index contributed by atoms with van der Waals surface area (Å²) in [6.07, 6.45) is 11.7. The van der Waals surface area contributed by atoms with Gasteiger partial charge in [-0.3, -0.25) is 4.79 Å². The molecule has 1 aliphatic carbocycles. The Kier molecular flexibility index (Phi) is 8.76. The number of carboxylic acid groups (broad SMARTS) is 1. The second kappa shape index (κ2) is 9.79. The van der Waals surface area contributed by atoms with Gasteiger partial charge in [-0.1, -0.05) is 55.0 Å². The molecule has 0 aliphatic heterocycles. The summed E-state index contributed by atoms with van der Waals surface area (Å²) in [5.41, 5.74) is 0. The highest BCUT2D eigenvalue weighted by atomic mass is 79.9. The molecule has 1 rings (SSSR count). The number of carboxylic acids is 1. The summed E-state index contributed by atoms with van der Waals surface area (Å²) in [7, 11) is 0. The van der Waals surface area contributed by atoms with E-state index >= 15 is 0 Å². The normalized spacial score (nSPS) is 18.2. The van der Waals surface area contributed by atoms with Crippen LogP contribution in [-0.4, -0.2) is 16.4 Å². The minimum Gasteiger partial charge on any atom is -0.481 e. The molecular formula is C16H29BrO2. The van der Waals surface area contributed by atoms with Crippen LogP contribution in [0.25, 0.3) is 0 Å². The van der Waals surface area contributed by atoms with E-state index in [2.05, 4.69) is 22.9 Å². The van der Waals surface area contributed by atoms with E-state index in [1.54, 1.807) is 0 Å². The van der Waals surface area contributed by atoms with E-state index in [1.165, 1.54) is 38.5 Å². The molecule has 0 heterocycles. The lowest BCUT2D eigenvalue weighted by Crippen LogP contribution is -2.25. The summed E-state index contributed by atoms with van der Waals surface area (Å²) in [5, 5.41) is 10.5. The molecule has 0 aromatic carbocycles. The number of carbonyl (C=O) groups is 1. The number of rotatable bonds is 12. The quantitative estimate of drug-likeness (QED) is 0.391. The third kappa shape index (κ3) is 6.78. The van der Waals surface area contributed by atoms with E-state index in [0.717, 1.165) is 31.0 Å². The maximum absolute atomic E-state index is 11.5. The summed E-state index contributed by atoms with van der Waals surface area (Å²) in [6.45, 7) is 2.22. The van der Waals surface area contributed by atoms with E-state index < -0.39 is 5.97 Å². The van der Waals surface area contributed by atoms with Crippen molar-refractivity contribution in [3.05, 3.63) is 0 Å². The highest BCUT2D eigenvalue weighted by Gasteiger charge is 2.38. The van der Waals surface area contributed by atoms with Crippen LogP contribution in [0.15, 0.2) is 0 Å². The Labute approximate surface area is 126 Å². The first-order chi connectivity index (χ1) is 9.20. The van der Waals surface area contributed by atoms with Gasteiger partial charge < -0.3 is 5.11 Å². The van der Waals surface area contributed by atoms with E-state index in [1.807, 2.05) is 0 Å². The van der Waals surface area contributed by atoms with Crippen LogP contribution in [0, 0.1) is 17.8 Å². The lowest BCUT2D eigenvalue weighted by molar-refractivity contribution is -0.144. The molecule has 1 N–H and O–H groups in total. The first-order valence-corrected chi connectivity index (χ1v) is 9.11. The predicted molar refractivity (Wildman–Crippen MR) is 83.7 cm³/mol. The van der Waals surface area contributed by atoms with Crippen molar-refractivity contribution in [3.63, 3.8) is 0 Å². The van der Waals surface area contributed by atoms with Crippen molar-refractivity contribution in [3.8, 4) is 0 Å². The molecule has 112 valence electrons. The summed E-state index contributed by atoms with van der Waals surface area (Å²) in [6, 6.07) is 0. The number of unbranched alkanes of at least 4 members (excludes halogenated alkanes) is 4. The van der Waals surface area contributed by atoms with Gasteiger partial charge in [0.05, 0.1) is 5.92 Å². The average molecular weight is 333 g/mol. The smallest absolute Gasteiger partial charge is 0.306 e. The van der Waals surface area contributed by atoms with Crippen LogP contribution in [0.5, 0.6) is 0 Å². The van der Waals surface area contributed by atoms with Gasteiger partial charge in [-0.15, -0.1) is 0 Å². The Morgan fingerprint density at radius 3 is 2.37 bits per heavy atom. The van der Waals surface area contributed by atoms with Gasteiger partial charge in [0.25, 0.3) is 0 Å². The molecule has 0 bridgehead atoms. The molecule has 3 heteroatoms. The second-order valence-corrected chi connectivity index (χ2v) is 6.77. The lowest BCUT2D eigenvalue weighted by Gasteiger charge is -2.24. The first-order valence-electron chi connectivity index (χ1n) is 7.99. The summed E-state index contributed by atoms with van der Waals surface area (Å²) in [5.74, 6) is 0.520. The van der Waals surface area contributed by atoms with Gasteiger partial charge in [0.2, 0.25) is 0 Å². The zero-order valence-electron chi connectivity index (χ0n) is 12.2. The molecule has 19 heavy (non-hydrogen) atoms. The van der Waals surface area contributed by atoms with Gasteiger partial charge in [0, 0.05) is 5.33 Å². The van der Waals surface area contributed by atoms with Crippen molar-refractivity contribution >= 4 is 21.9 Å². The van der Waals surface area contributed by atoms with Gasteiger partial charge >= 0.3 is 5.97 Å². The van der Waals surface area contributed by atoms with E-state index in [9.17, 15) is 9.90 Å². The molecule has 1 fully saturated rings. The molecule has 1 saturated carbocycles. The number of halogens is 1. The number of aliphatic carboxylic acids is 1. The fraction of sp³-hybridized carbons (Fsp3) is 0.938. The minimum absolute atomic E-state index is 0.0897. The van der Waals surface area contributed by atoms with E-state index in [0.29, 0.717) is 11.8 Å². The predicted octanol–water partition coefficient (Wildman–Crippen LogP) is 5.25. The average Bonchev–Trinajstić information content (AvgIpc) is 3.20. The Bertz CT molecular complexity index is 251. The van der Waals surface area contributed by atoms with Crippen LogP contribution in [0.2, 0.25) is 0 Å². The van der Waals surface area contributed by atoms with Crippen LogP contribution >= 0.6 is 15.9 Å². The van der Waals surface area contributed by atoms with Crippen molar-refractivity contribution < 1.29 is 9.90 Å². The molecule has 2 unspecified atom stereocenters. The number of hydrogen-bond acceptors (Lipinski definition) is 1. The maximum Gasteiger partial charge on any atom is 0.306 e. The second-order valence-electron chi connectivity index (χ2n) is 5.98. The molecule has 0 aromatic rings. The van der Waals surface area contributed by atoms with Crippen LogP contribution in [0.3, 0.4) is 0 Å². The van der Waals surface area contributed by atoms with E-state index in [4.69, 9.17) is 0 Å². The fourth-order valence-electron chi connectivity index (χ4n) is 3.08. The van der Waals surface area contributed by atoms with Gasteiger partial charge in [-0.05, 0) is 43.9 Å². The van der Waals surface area contributed by atoms with Crippen molar-refractivity contribution in [2.75, 3.05) is 5.33 Å². The SMILES string of the molecule is CCCCCCC(C1CC1)C(CCCCBr)C(=O)O. The molecule has 2 atom stereocenters. The van der Waals surface area contributed by atoms with Crippen LogP contribution < -0.4 is 0 Å². The third-order valence-corrected chi connectivity index (χ3v) is 4.91. The Balaban J connectivity index is 2.42. The topological polar surface area (TPSA) is 37.3 Å². The van der Waals surface area contributed by atoms with E-state index in [-0.39, 0.29) is 5.92 Å². The van der Waals surface area contributed by atoms with Crippen LogP contribution in [0.1, 0.15) is 71.1 Å². The van der Waals surface area contributed by atoms with Crippen molar-refractivity contribution in [2.45, 2.75) is 71.1 Å². The summed E-state index contributed by atoms with van der Waals surface area (Å²) >= 11 is 3.43. The highest BCUT2D eigenvalue weighted by molar-refractivity contribution is 9.09. The van der Waals surface area contributed by atoms with Gasteiger partial charge in [-0.25, -0.2) is 0 Å². The molecule has 0 aromatic heterocycles. The zero-order valence-corrected chi connectivity index (χ0v) is 13.8. The molecule has 1 aliphatic rings. The molecule has 0 spiro atoms. The largest absolute Gasteiger partial charge is 0.481 e. The van der Waals surface area contributed by atoms with Crippen molar-refractivity contribution in [1.29, 1.82) is 0 Å². The number of alkyl halides is 1. The lowest BCUT2D eigenvalue weighted by atomic mass is 9.81. The molecule has 0 saturated heterocycles. The minimum atomic E-state index is -0.554. The maximum atomic E-state index is 11.5. The van der Waals surface area contributed by atoms with Crippen molar-refractivity contribution in [1.82, 2.24) is 0 Å². The Morgan fingerprint density at radius 2 is 1.84 bits per heavy atom. The number of hydrogen-bond donors (Lipinski definition) is 1. The standard InChI is InChI=1S/C16H29BrO2/c1-2-3-4-5-8-14(13-10-11-13)15(16(18)19)9-6-7-12-17/h13-15H,2-12H2,1H3,(H,18,19). The zero-order chi connectivity index (χ0) is 14.1. The van der Waals surface area contributed by atoms with Crippen molar-refractivity contribution in [2.24, 2.45) is 17.8 Å². The van der Waals surface area contributed by atoms with Gasteiger partial charge in [0.15, 0.2) is 0 Å². The summed E-state index contributed by atoms with van der Waals surface area (Å²) < 4.78 is 0. The van der Waals surface area contributed by atoms with Gasteiger partial charge in [0.1, 0.15) is 0 Å². The summed E-state index contributed by atoms with van der Waals surface area (Å²) in [4.78, 5) is 11.5. The monoisotopic (exact) mass is 332 g/mol. The molecular weight excluding hydrogens is 304 g/mol. The molecule has 0 amide bonds. The van der Waals surface area contributed by atoms with Crippen LogP contribution in [0.4, 0.5) is 0 Å². The Morgan fingerprint density at radius 1 is 1.16 bits per heavy atom. The molecule has 2 nitrogen and oxygen atoms in total. The molecule has 0 radical (unpaired) electrons. The fourth-order valence-corrected chi connectivity index (χ4v) is 3.47. The Hall–Kier alpha value is -0.0500.